The van der Waals surface area contributed by atoms with Gasteiger partial charge in [0.1, 0.15) is 24.4 Å². The van der Waals surface area contributed by atoms with Crippen LogP contribution in [0.2, 0.25) is 0 Å². The molecule has 0 saturated heterocycles. The quantitative estimate of drug-likeness (QED) is 0.339. The number of H-pyrrole nitrogens is 1. The monoisotopic (exact) mass is 466 g/mol. The van der Waals surface area contributed by atoms with Crippen LogP contribution in [0, 0.1) is 8.34 Å². The van der Waals surface area contributed by atoms with Gasteiger partial charge in [0.2, 0.25) is 4.77 Å². The van der Waals surface area contributed by atoms with E-state index in [-0.39, 0.29) is 0 Å². The number of benzene rings is 2. The fourth-order valence-corrected chi connectivity index (χ4v) is 2.64. The van der Waals surface area contributed by atoms with Crippen LogP contribution in [0.3, 0.4) is 0 Å². The minimum Gasteiger partial charge on any atom is -0.496 e. The Labute approximate surface area is 163 Å². The third-order valence-corrected chi connectivity index (χ3v) is 4.38. The molecule has 0 saturated carbocycles. The van der Waals surface area contributed by atoms with Gasteiger partial charge in [0.15, 0.2) is 0 Å². The topological polar surface area (TPSA) is 64.4 Å². The van der Waals surface area contributed by atoms with Crippen molar-refractivity contribution < 1.29 is 9.47 Å². The number of aromatic nitrogens is 3. The molecular weight excluding hydrogens is 451 g/mol. The Morgan fingerprint density at radius 3 is 2.76 bits per heavy atom. The van der Waals surface area contributed by atoms with E-state index in [0.717, 1.165) is 22.6 Å². The van der Waals surface area contributed by atoms with Gasteiger partial charge in [-0.15, -0.1) is 0 Å². The zero-order valence-corrected chi connectivity index (χ0v) is 16.3. The highest BCUT2D eigenvalue weighted by molar-refractivity contribution is 14.1. The third kappa shape index (κ3) is 4.67. The number of nitrogens with one attached hydrogen (secondary N) is 1. The van der Waals surface area contributed by atoms with Crippen molar-refractivity contribution >= 4 is 41.0 Å². The molecule has 0 bridgehead atoms. The highest BCUT2D eigenvalue weighted by atomic mass is 127. The molecule has 8 heteroatoms. The van der Waals surface area contributed by atoms with E-state index in [2.05, 4.69) is 37.9 Å². The lowest BCUT2D eigenvalue weighted by molar-refractivity contribution is 0.296. The standard InChI is InChI=1S/C17H15IN4O2S/c1-23-16-7-2-12(9-20-22-11-19-21-17(22)25)8-13(16)10-24-15-5-3-14(18)4-6-15/h2-9,11H,10H2,1H3,(H,21,25). The van der Waals surface area contributed by atoms with E-state index in [1.807, 2.05) is 42.5 Å². The van der Waals surface area contributed by atoms with E-state index in [1.165, 1.54) is 14.6 Å². The molecule has 0 atom stereocenters. The number of aromatic amines is 1. The van der Waals surface area contributed by atoms with Crippen LogP contribution in [0.15, 0.2) is 53.9 Å². The molecule has 1 heterocycles. The lowest BCUT2D eigenvalue weighted by atomic mass is 10.1. The number of halogens is 1. The van der Waals surface area contributed by atoms with Crippen molar-refractivity contribution in [2.24, 2.45) is 5.10 Å². The normalized spacial score (nSPS) is 11.0. The summed E-state index contributed by atoms with van der Waals surface area (Å²) in [7, 11) is 1.64. The van der Waals surface area contributed by atoms with Gasteiger partial charge in [-0.1, -0.05) is 0 Å². The summed E-state index contributed by atoms with van der Waals surface area (Å²) in [6.45, 7) is 0.399. The summed E-state index contributed by atoms with van der Waals surface area (Å²) in [5.74, 6) is 1.58. The van der Waals surface area contributed by atoms with E-state index in [9.17, 15) is 0 Å². The van der Waals surface area contributed by atoms with Crippen LogP contribution in [0.1, 0.15) is 11.1 Å². The molecule has 0 aliphatic heterocycles. The Hall–Kier alpha value is -2.20. The van der Waals surface area contributed by atoms with Gasteiger partial charge in [0, 0.05) is 9.13 Å². The molecule has 0 spiro atoms. The molecule has 6 nitrogen and oxygen atoms in total. The Kier molecular flexibility index (Phi) is 5.82. The summed E-state index contributed by atoms with van der Waals surface area (Å²) in [6.07, 6.45) is 3.22. The van der Waals surface area contributed by atoms with E-state index >= 15 is 0 Å². The molecule has 0 aliphatic carbocycles. The van der Waals surface area contributed by atoms with E-state index in [1.54, 1.807) is 13.3 Å². The second-order valence-corrected chi connectivity index (χ2v) is 6.70. The molecule has 0 amide bonds. The summed E-state index contributed by atoms with van der Waals surface area (Å²) in [5.41, 5.74) is 1.84. The van der Waals surface area contributed by atoms with Crippen molar-refractivity contribution in [2.75, 3.05) is 7.11 Å². The number of ether oxygens (including phenoxy) is 2. The number of hydrogen-bond acceptors (Lipinski definition) is 5. The van der Waals surface area contributed by atoms with Gasteiger partial charge < -0.3 is 9.47 Å². The smallest absolute Gasteiger partial charge is 0.216 e. The fourth-order valence-electron chi connectivity index (χ4n) is 2.14. The molecule has 3 rings (SSSR count). The Bertz CT molecular complexity index is 934. The van der Waals surface area contributed by atoms with E-state index < -0.39 is 0 Å². The van der Waals surface area contributed by atoms with Crippen LogP contribution >= 0.6 is 34.8 Å². The van der Waals surface area contributed by atoms with Gasteiger partial charge >= 0.3 is 0 Å². The van der Waals surface area contributed by atoms with Crippen molar-refractivity contribution in [3.05, 3.63) is 68.3 Å². The maximum atomic E-state index is 5.85. The SMILES string of the molecule is COc1ccc(C=Nn2cn[nH]c2=S)cc1COc1ccc(I)cc1. The van der Waals surface area contributed by atoms with Gasteiger partial charge in [0.25, 0.3) is 0 Å². The highest BCUT2D eigenvalue weighted by Crippen LogP contribution is 2.22. The molecule has 0 fully saturated rings. The lowest BCUT2D eigenvalue weighted by Crippen LogP contribution is -2.00. The minimum atomic E-state index is 0.399. The first-order valence-electron chi connectivity index (χ1n) is 7.37. The number of methoxy groups -OCH3 is 1. The lowest BCUT2D eigenvalue weighted by Gasteiger charge is -2.11. The second-order valence-electron chi connectivity index (χ2n) is 5.06. The minimum absolute atomic E-state index is 0.399. The highest BCUT2D eigenvalue weighted by Gasteiger charge is 2.05. The number of nitrogens with zero attached hydrogens (tertiary/aromatic N) is 3. The molecule has 25 heavy (non-hydrogen) atoms. The molecule has 1 aromatic heterocycles. The molecule has 128 valence electrons. The Morgan fingerprint density at radius 2 is 2.08 bits per heavy atom. The molecule has 1 N–H and O–H groups in total. The fraction of sp³-hybridized carbons (Fsp3) is 0.118. The molecule has 3 aromatic rings. The molecule has 2 aromatic carbocycles. The van der Waals surface area contributed by atoms with E-state index in [4.69, 9.17) is 21.7 Å². The average Bonchev–Trinajstić information content (AvgIpc) is 3.04. The van der Waals surface area contributed by atoms with Gasteiger partial charge in [0.05, 0.1) is 13.3 Å². The maximum Gasteiger partial charge on any atom is 0.216 e. The summed E-state index contributed by atoms with van der Waals surface area (Å²) < 4.78 is 14.4. The van der Waals surface area contributed by atoms with E-state index in [0.29, 0.717) is 11.4 Å². The average molecular weight is 466 g/mol. The van der Waals surface area contributed by atoms with Crippen LogP contribution in [-0.4, -0.2) is 28.2 Å². The first kappa shape index (κ1) is 17.6. The van der Waals surface area contributed by atoms with Crippen LogP contribution in [0.5, 0.6) is 11.5 Å². The predicted molar refractivity (Wildman–Crippen MR) is 107 cm³/mol. The van der Waals surface area contributed by atoms with Crippen molar-refractivity contribution in [1.29, 1.82) is 0 Å². The number of hydrogen-bond donors (Lipinski definition) is 1. The zero-order chi connectivity index (χ0) is 17.6. The molecular formula is C17H15IN4O2S. The van der Waals surface area contributed by atoms with Crippen LogP contribution in [-0.2, 0) is 6.61 Å². The first-order chi connectivity index (χ1) is 12.2. The molecule has 0 radical (unpaired) electrons. The van der Waals surface area contributed by atoms with Crippen LogP contribution in [0.4, 0.5) is 0 Å². The van der Waals surface area contributed by atoms with Crippen molar-refractivity contribution in [3.63, 3.8) is 0 Å². The number of rotatable bonds is 6. The van der Waals surface area contributed by atoms with Gasteiger partial charge in [-0.25, -0.2) is 0 Å². The summed E-state index contributed by atoms with van der Waals surface area (Å²) in [4.78, 5) is 0. The van der Waals surface area contributed by atoms with Gasteiger partial charge in [-0.05, 0) is 82.8 Å². The predicted octanol–water partition coefficient (Wildman–Crippen LogP) is 4.02. The Morgan fingerprint density at radius 1 is 1.28 bits per heavy atom. The largest absolute Gasteiger partial charge is 0.496 e. The summed E-state index contributed by atoms with van der Waals surface area (Å²) in [5, 5.41) is 10.7. The summed E-state index contributed by atoms with van der Waals surface area (Å²) in [6, 6.07) is 13.7. The van der Waals surface area contributed by atoms with Crippen LogP contribution < -0.4 is 9.47 Å². The first-order valence-corrected chi connectivity index (χ1v) is 8.86. The molecule has 0 aliphatic rings. The zero-order valence-electron chi connectivity index (χ0n) is 13.3. The summed E-state index contributed by atoms with van der Waals surface area (Å²) >= 11 is 7.32. The van der Waals surface area contributed by atoms with Gasteiger partial charge in [-0.2, -0.15) is 14.9 Å². The second kappa shape index (κ2) is 8.26. The van der Waals surface area contributed by atoms with Crippen molar-refractivity contribution in [1.82, 2.24) is 14.9 Å². The van der Waals surface area contributed by atoms with Crippen molar-refractivity contribution in [3.8, 4) is 11.5 Å². The van der Waals surface area contributed by atoms with Crippen LogP contribution in [0.25, 0.3) is 0 Å². The Balaban J connectivity index is 1.77. The van der Waals surface area contributed by atoms with Crippen molar-refractivity contribution in [2.45, 2.75) is 6.61 Å². The van der Waals surface area contributed by atoms with Gasteiger partial charge in [-0.3, -0.25) is 5.10 Å². The third-order valence-electron chi connectivity index (χ3n) is 3.38. The molecule has 0 unspecified atom stereocenters. The maximum absolute atomic E-state index is 5.85.